The van der Waals surface area contributed by atoms with Crippen LogP contribution >= 0.6 is 0 Å². The fraction of sp³-hybridized carbons (Fsp3) is 0.273. The lowest BCUT2D eigenvalue weighted by atomic mass is 10.0. The molecule has 0 aliphatic heterocycles. The zero-order valence-electron chi connectivity index (χ0n) is 16.5. The van der Waals surface area contributed by atoms with Crippen LogP contribution in [0.3, 0.4) is 0 Å². The Morgan fingerprint density at radius 1 is 1.07 bits per heavy atom. The van der Waals surface area contributed by atoms with E-state index in [1.54, 1.807) is 25.1 Å². The Morgan fingerprint density at radius 2 is 1.79 bits per heavy atom. The highest BCUT2D eigenvalue weighted by molar-refractivity contribution is 5.86. The van der Waals surface area contributed by atoms with Crippen LogP contribution in [0.4, 0.5) is 0 Å². The smallest absolute Gasteiger partial charge is 0.305 e. The molecule has 1 amide bonds. The van der Waals surface area contributed by atoms with Crippen LogP contribution in [0.5, 0.6) is 11.5 Å². The van der Waals surface area contributed by atoms with E-state index < -0.39 is 17.9 Å². The van der Waals surface area contributed by atoms with E-state index >= 15 is 0 Å². The van der Waals surface area contributed by atoms with Gasteiger partial charge in [-0.25, -0.2) is 0 Å². The molecule has 1 aromatic heterocycles. The van der Waals surface area contributed by atoms with Crippen molar-refractivity contribution in [3.8, 4) is 11.5 Å². The Morgan fingerprint density at radius 3 is 2.45 bits per heavy atom. The van der Waals surface area contributed by atoms with Gasteiger partial charge in [0.15, 0.2) is 11.5 Å². The summed E-state index contributed by atoms with van der Waals surface area (Å²) in [5.41, 5.74) is 1.30. The van der Waals surface area contributed by atoms with E-state index in [0.717, 1.165) is 5.39 Å². The summed E-state index contributed by atoms with van der Waals surface area (Å²) in [6.07, 6.45) is -0.270. The third kappa shape index (κ3) is 4.51. The number of para-hydroxylation sites is 1. The van der Waals surface area contributed by atoms with Crippen molar-refractivity contribution in [1.82, 2.24) is 5.32 Å². The lowest BCUT2D eigenvalue weighted by Crippen LogP contribution is -2.33. The molecule has 0 aliphatic rings. The number of amides is 1. The number of nitrogens with one attached hydrogen (secondary N) is 1. The van der Waals surface area contributed by atoms with Crippen LogP contribution in [0.15, 0.2) is 52.9 Å². The number of hydrogen-bond donors (Lipinski definition) is 2. The number of benzene rings is 2. The maximum atomic E-state index is 12.8. The van der Waals surface area contributed by atoms with Gasteiger partial charge in [-0.2, -0.15) is 0 Å². The molecule has 2 N–H and O–H groups in total. The number of carbonyl (C=O) groups is 2. The SMILES string of the molecule is COc1ccc(C(CC(=O)O)NC(=O)C(C)c2cc3ccccc3o2)cc1OC. The maximum absolute atomic E-state index is 12.8. The van der Waals surface area contributed by atoms with E-state index in [1.165, 1.54) is 14.2 Å². The minimum absolute atomic E-state index is 0.270. The van der Waals surface area contributed by atoms with Gasteiger partial charge in [-0.05, 0) is 36.8 Å². The van der Waals surface area contributed by atoms with Crippen LogP contribution in [0.25, 0.3) is 11.0 Å². The first kappa shape index (κ1) is 20.3. The number of furan rings is 1. The van der Waals surface area contributed by atoms with Crippen molar-refractivity contribution >= 4 is 22.8 Å². The molecule has 1 heterocycles. The largest absolute Gasteiger partial charge is 0.493 e. The molecule has 3 aromatic rings. The van der Waals surface area contributed by atoms with Gasteiger partial charge >= 0.3 is 5.97 Å². The van der Waals surface area contributed by atoms with Gasteiger partial charge in [0.1, 0.15) is 11.3 Å². The van der Waals surface area contributed by atoms with Crippen molar-refractivity contribution in [2.24, 2.45) is 0 Å². The number of aliphatic carboxylic acids is 1. The van der Waals surface area contributed by atoms with Gasteiger partial charge in [0.2, 0.25) is 5.91 Å². The molecule has 0 spiro atoms. The van der Waals surface area contributed by atoms with Crippen molar-refractivity contribution in [2.75, 3.05) is 14.2 Å². The molecule has 0 saturated carbocycles. The summed E-state index contributed by atoms with van der Waals surface area (Å²) in [6, 6.07) is 13.6. The zero-order chi connectivity index (χ0) is 21.0. The molecule has 7 nitrogen and oxygen atoms in total. The number of methoxy groups -OCH3 is 2. The van der Waals surface area contributed by atoms with Crippen LogP contribution in [-0.4, -0.2) is 31.2 Å². The zero-order valence-corrected chi connectivity index (χ0v) is 16.5. The predicted molar refractivity (Wildman–Crippen MR) is 107 cm³/mol. The molecule has 0 radical (unpaired) electrons. The Bertz CT molecular complexity index is 992. The van der Waals surface area contributed by atoms with Crippen LogP contribution in [0, 0.1) is 0 Å². The highest BCUT2D eigenvalue weighted by Gasteiger charge is 2.25. The number of fused-ring (bicyclic) bond motifs is 1. The number of rotatable bonds is 8. The predicted octanol–water partition coefficient (Wildman–Crippen LogP) is 3.89. The third-order valence-electron chi connectivity index (χ3n) is 4.77. The van der Waals surface area contributed by atoms with Gasteiger partial charge < -0.3 is 24.3 Å². The van der Waals surface area contributed by atoms with Crippen molar-refractivity contribution in [3.63, 3.8) is 0 Å². The lowest BCUT2D eigenvalue weighted by molar-refractivity contribution is -0.137. The van der Waals surface area contributed by atoms with Gasteiger partial charge in [0.05, 0.1) is 32.6 Å². The molecule has 3 rings (SSSR count). The second-order valence-corrected chi connectivity index (χ2v) is 6.68. The first-order chi connectivity index (χ1) is 13.9. The number of carboxylic acids is 1. The van der Waals surface area contributed by atoms with Crippen LogP contribution in [-0.2, 0) is 9.59 Å². The van der Waals surface area contributed by atoms with Gasteiger partial charge in [0.25, 0.3) is 0 Å². The molecule has 0 saturated heterocycles. The van der Waals surface area contributed by atoms with Gasteiger partial charge in [0, 0.05) is 5.39 Å². The van der Waals surface area contributed by atoms with Crippen molar-refractivity contribution in [2.45, 2.75) is 25.3 Å². The summed E-state index contributed by atoms with van der Waals surface area (Å²) >= 11 is 0. The van der Waals surface area contributed by atoms with E-state index in [2.05, 4.69) is 5.32 Å². The highest BCUT2D eigenvalue weighted by Crippen LogP contribution is 2.32. The number of ether oxygens (including phenoxy) is 2. The normalized spacial score (nSPS) is 12.9. The second kappa shape index (κ2) is 8.68. The first-order valence-electron chi connectivity index (χ1n) is 9.15. The van der Waals surface area contributed by atoms with Crippen molar-refractivity contribution in [3.05, 3.63) is 59.9 Å². The molecule has 2 aromatic carbocycles. The molecular formula is C22H23NO6. The van der Waals surface area contributed by atoms with E-state index in [-0.39, 0.29) is 12.3 Å². The van der Waals surface area contributed by atoms with E-state index in [9.17, 15) is 14.7 Å². The molecule has 7 heteroatoms. The fourth-order valence-electron chi connectivity index (χ4n) is 3.14. The minimum atomic E-state index is -1.03. The Labute approximate surface area is 168 Å². The summed E-state index contributed by atoms with van der Waals surface area (Å²) in [4.78, 5) is 24.2. The van der Waals surface area contributed by atoms with Gasteiger partial charge in [-0.15, -0.1) is 0 Å². The fourth-order valence-corrected chi connectivity index (χ4v) is 3.14. The molecule has 152 valence electrons. The average molecular weight is 397 g/mol. The van der Waals surface area contributed by atoms with E-state index in [0.29, 0.717) is 28.4 Å². The molecular weight excluding hydrogens is 374 g/mol. The summed E-state index contributed by atoms with van der Waals surface area (Å²) in [5.74, 6) is -0.442. The van der Waals surface area contributed by atoms with Gasteiger partial charge in [-0.3, -0.25) is 9.59 Å². The summed E-state index contributed by atoms with van der Waals surface area (Å²) < 4.78 is 16.3. The van der Waals surface area contributed by atoms with E-state index in [4.69, 9.17) is 13.9 Å². The maximum Gasteiger partial charge on any atom is 0.305 e. The van der Waals surface area contributed by atoms with Crippen molar-refractivity contribution in [1.29, 1.82) is 0 Å². The minimum Gasteiger partial charge on any atom is -0.493 e. The molecule has 2 atom stereocenters. The first-order valence-corrected chi connectivity index (χ1v) is 9.15. The Kier molecular flexibility index (Phi) is 6.07. The number of carbonyl (C=O) groups excluding carboxylic acids is 1. The molecule has 0 bridgehead atoms. The number of hydrogen-bond acceptors (Lipinski definition) is 5. The Hall–Kier alpha value is -3.48. The standard InChI is InChI=1S/C22H23NO6/c1-13(19-11-15-6-4-5-7-17(15)29-19)22(26)23-16(12-21(24)25)14-8-9-18(27-2)20(10-14)28-3/h4-11,13,16H,12H2,1-3H3,(H,23,26)(H,24,25). The third-order valence-corrected chi connectivity index (χ3v) is 4.77. The molecule has 0 aliphatic carbocycles. The quantitative estimate of drug-likeness (QED) is 0.598. The summed E-state index contributed by atoms with van der Waals surface area (Å²) in [5, 5.41) is 13.0. The topological polar surface area (TPSA) is 98.0 Å². The summed E-state index contributed by atoms with van der Waals surface area (Å²) in [7, 11) is 3.01. The summed E-state index contributed by atoms with van der Waals surface area (Å²) in [6.45, 7) is 1.72. The van der Waals surface area contributed by atoms with Crippen LogP contribution in [0.1, 0.15) is 36.6 Å². The van der Waals surface area contributed by atoms with Crippen LogP contribution < -0.4 is 14.8 Å². The van der Waals surface area contributed by atoms with Crippen molar-refractivity contribution < 1.29 is 28.6 Å². The molecule has 29 heavy (non-hydrogen) atoms. The average Bonchev–Trinajstić information content (AvgIpc) is 3.16. The molecule has 2 unspecified atom stereocenters. The lowest BCUT2D eigenvalue weighted by Gasteiger charge is -2.20. The molecule has 0 fully saturated rings. The highest BCUT2D eigenvalue weighted by atomic mass is 16.5. The van der Waals surface area contributed by atoms with E-state index in [1.807, 2.05) is 30.3 Å². The number of carboxylic acid groups (broad SMARTS) is 1. The second-order valence-electron chi connectivity index (χ2n) is 6.68. The van der Waals surface area contributed by atoms with Crippen LogP contribution in [0.2, 0.25) is 0 Å². The van der Waals surface area contributed by atoms with Gasteiger partial charge in [-0.1, -0.05) is 24.3 Å². The monoisotopic (exact) mass is 397 g/mol. The Balaban J connectivity index is 1.84.